The van der Waals surface area contributed by atoms with Crippen LogP contribution in [0.25, 0.3) is 0 Å². The Morgan fingerprint density at radius 2 is 1.76 bits per heavy atom. The Balaban J connectivity index is 1.72. The van der Waals surface area contributed by atoms with Gasteiger partial charge in [-0.2, -0.15) is 0 Å². The Hall–Kier alpha value is -1.61. The highest BCUT2D eigenvalue weighted by Crippen LogP contribution is 2.38. The molecular formula is C22H26BrNO. The number of halogens is 1. The zero-order valence-corrected chi connectivity index (χ0v) is 16.3. The lowest BCUT2D eigenvalue weighted by Gasteiger charge is -2.32. The van der Waals surface area contributed by atoms with E-state index in [0.29, 0.717) is 5.92 Å². The molecule has 0 spiro atoms. The third-order valence-corrected chi connectivity index (χ3v) is 5.97. The molecule has 1 fully saturated rings. The van der Waals surface area contributed by atoms with Gasteiger partial charge in [-0.3, -0.25) is 4.79 Å². The van der Waals surface area contributed by atoms with Gasteiger partial charge in [0.15, 0.2) is 0 Å². The fourth-order valence-electron chi connectivity index (χ4n) is 3.84. The molecule has 0 radical (unpaired) electrons. The summed E-state index contributed by atoms with van der Waals surface area (Å²) in [6, 6.07) is 19.0. The second kappa shape index (κ2) is 8.66. The van der Waals surface area contributed by atoms with Crippen LogP contribution in [0.5, 0.6) is 0 Å². The van der Waals surface area contributed by atoms with Crippen LogP contribution in [0.1, 0.15) is 61.3 Å². The molecule has 0 aliphatic heterocycles. The quantitative estimate of drug-likeness (QED) is 0.638. The molecule has 0 saturated heterocycles. The largest absolute Gasteiger partial charge is 0.349 e. The molecule has 1 N–H and O–H groups in total. The fraction of sp³-hybridized carbons (Fsp3) is 0.409. The summed E-state index contributed by atoms with van der Waals surface area (Å²) in [5.41, 5.74) is 3.74. The first-order chi connectivity index (χ1) is 12.2. The molecule has 25 heavy (non-hydrogen) atoms. The van der Waals surface area contributed by atoms with Crippen LogP contribution >= 0.6 is 15.9 Å². The van der Waals surface area contributed by atoms with Crippen molar-refractivity contribution in [2.24, 2.45) is 5.92 Å². The number of nitrogens with one attached hydrogen (secondary N) is 1. The summed E-state index contributed by atoms with van der Waals surface area (Å²) in [5.74, 6) is 0.612. The first-order valence-electron chi connectivity index (χ1n) is 9.19. The number of carbonyl (C=O) groups is 1. The first kappa shape index (κ1) is 18.2. The van der Waals surface area contributed by atoms with E-state index in [1.54, 1.807) is 0 Å². The van der Waals surface area contributed by atoms with E-state index >= 15 is 0 Å². The molecule has 2 aromatic rings. The highest BCUT2D eigenvalue weighted by Gasteiger charge is 2.32. The Labute approximate surface area is 159 Å². The summed E-state index contributed by atoms with van der Waals surface area (Å²) in [6.45, 7) is 2.07. The van der Waals surface area contributed by atoms with Crippen LogP contribution in [0.4, 0.5) is 0 Å². The average molecular weight is 400 g/mol. The lowest BCUT2D eigenvalue weighted by atomic mass is 9.75. The molecule has 3 rings (SSSR count). The van der Waals surface area contributed by atoms with E-state index < -0.39 is 0 Å². The molecule has 0 bridgehead atoms. The fourth-order valence-corrected chi connectivity index (χ4v) is 4.22. The Kier molecular flexibility index (Phi) is 6.30. The van der Waals surface area contributed by atoms with E-state index in [-0.39, 0.29) is 17.9 Å². The van der Waals surface area contributed by atoms with Crippen molar-refractivity contribution in [3.05, 3.63) is 71.3 Å². The predicted octanol–water partition coefficient (Wildman–Crippen LogP) is 5.73. The van der Waals surface area contributed by atoms with Crippen LogP contribution in [-0.4, -0.2) is 5.91 Å². The number of hydrogen-bond donors (Lipinski definition) is 1. The van der Waals surface area contributed by atoms with Gasteiger partial charge in [0, 0.05) is 11.2 Å². The van der Waals surface area contributed by atoms with E-state index in [9.17, 15) is 4.79 Å². The minimum atomic E-state index is 0.0482. The monoisotopic (exact) mass is 399 g/mol. The highest BCUT2D eigenvalue weighted by atomic mass is 79.9. The van der Waals surface area contributed by atoms with E-state index in [1.165, 1.54) is 17.5 Å². The zero-order chi connectivity index (χ0) is 17.6. The van der Waals surface area contributed by atoms with Gasteiger partial charge in [-0.25, -0.2) is 0 Å². The molecule has 1 aliphatic carbocycles. The number of alkyl halides is 1. The van der Waals surface area contributed by atoms with Crippen molar-refractivity contribution >= 4 is 21.8 Å². The van der Waals surface area contributed by atoms with Crippen molar-refractivity contribution in [2.45, 2.75) is 49.9 Å². The SMILES string of the molecule is C[C@H](NC(=O)[C@H]1CCCC[C@H]1c1ccc(CBr)cc1)c1ccccc1. The van der Waals surface area contributed by atoms with Crippen LogP contribution in [0.2, 0.25) is 0 Å². The highest BCUT2D eigenvalue weighted by molar-refractivity contribution is 9.08. The van der Waals surface area contributed by atoms with Crippen LogP contribution < -0.4 is 5.32 Å². The number of amides is 1. The molecule has 0 aromatic heterocycles. The van der Waals surface area contributed by atoms with Crippen LogP contribution in [0, 0.1) is 5.92 Å². The van der Waals surface area contributed by atoms with Crippen molar-refractivity contribution in [1.29, 1.82) is 0 Å². The van der Waals surface area contributed by atoms with E-state index in [4.69, 9.17) is 0 Å². The predicted molar refractivity (Wildman–Crippen MR) is 107 cm³/mol. The molecule has 0 unspecified atom stereocenters. The van der Waals surface area contributed by atoms with Crippen molar-refractivity contribution in [1.82, 2.24) is 5.32 Å². The summed E-state index contributed by atoms with van der Waals surface area (Å²) in [5, 5.41) is 4.11. The van der Waals surface area contributed by atoms with E-state index in [0.717, 1.165) is 30.2 Å². The second-order valence-electron chi connectivity index (χ2n) is 7.01. The Bertz CT molecular complexity index is 683. The minimum absolute atomic E-state index is 0.0482. The summed E-state index contributed by atoms with van der Waals surface area (Å²) >= 11 is 3.50. The molecule has 3 atom stereocenters. The molecule has 1 amide bonds. The van der Waals surface area contributed by atoms with Crippen molar-refractivity contribution in [2.75, 3.05) is 0 Å². The minimum Gasteiger partial charge on any atom is -0.349 e. The van der Waals surface area contributed by atoms with Crippen molar-refractivity contribution in [3.8, 4) is 0 Å². The first-order valence-corrected chi connectivity index (χ1v) is 10.3. The van der Waals surface area contributed by atoms with Gasteiger partial charge < -0.3 is 5.32 Å². The summed E-state index contributed by atoms with van der Waals surface area (Å²) in [7, 11) is 0. The van der Waals surface area contributed by atoms with Crippen LogP contribution in [-0.2, 0) is 10.1 Å². The number of carbonyl (C=O) groups excluding carboxylic acids is 1. The zero-order valence-electron chi connectivity index (χ0n) is 14.7. The summed E-state index contributed by atoms with van der Waals surface area (Å²) < 4.78 is 0. The van der Waals surface area contributed by atoms with Crippen molar-refractivity contribution in [3.63, 3.8) is 0 Å². The summed E-state index contributed by atoms with van der Waals surface area (Å²) in [4.78, 5) is 13.0. The van der Waals surface area contributed by atoms with Crippen LogP contribution in [0.3, 0.4) is 0 Å². The lowest BCUT2D eigenvalue weighted by Crippen LogP contribution is -2.37. The maximum absolute atomic E-state index is 13.0. The van der Waals surface area contributed by atoms with Gasteiger partial charge in [-0.1, -0.05) is 83.4 Å². The molecule has 1 aliphatic rings. The average Bonchev–Trinajstić information content (AvgIpc) is 2.68. The van der Waals surface area contributed by atoms with E-state index in [1.807, 2.05) is 18.2 Å². The topological polar surface area (TPSA) is 29.1 Å². The molecule has 2 nitrogen and oxygen atoms in total. The molecular weight excluding hydrogens is 374 g/mol. The van der Waals surface area contributed by atoms with Gasteiger partial charge in [0.2, 0.25) is 5.91 Å². The normalized spacial score (nSPS) is 21.5. The van der Waals surface area contributed by atoms with Gasteiger partial charge >= 0.3 is 0 Å². The van der Waals surface area contributed by atoms with Crippen molar-refractivity contribution < 1.29 is 4.79 Å². The smallest absolute Gasteiger partial charge is 0.224 e. The number of benzene rings is 2. The van der Waals surface area contributed by atoms with Gasteiger partial charge in [0.05, 0.1) is 6.04 Å². The molecule has 3 heteroatoms. The second-order valence-corrected chi connectivity index (χ2v) is 7.57. The molecule has 132 valence electrons. The van der Waals surface area contributed by atoms with Gasteiger partial charge in [-0.05, 0) is 42.4 Å². The van der Waals surface area contributed by atoms with Gasteiger partial charge in [-0.15, -0.1) is 0 Å². The number of hydrogen-bond acceptors (Lipinski definition) is 1. The van der Waals surface area contributed by atoms with Gasteiger partial charge in [0.1, 0.15) is 0 Å². The standard InChI is InChI=1S/C22H26BrNO/c1-16(18-7-3-2-4-8-18)24-22(25)21-10-6-5-9-20(21)19-13-11-17(15-23)12-14-19/h2-4,7-8,11-14,16,20-21H,5-6,9-10,15H2,1H3,(H,24,25)/t16-,20-,21-/m0/s1. The molecule has 1 saturated carbocycles. The maximum atomic E-state index is 13.0. The molecule has 0 heterocycles. The third-order valence-electron chi connectivity index (χ3n) is 5.32. The van der Waals surface area contributed by atoms with Gasteiger partial charge in [0.25, 0.3) is 0 Å². The Morgan fingerprint density at radius 3 is 2.44 bits per heavy atom. The maximum Gasteiger partial charge on any atom is 0.224 e. The summed E-state index contributed by atoms with van der Waals surface area (Å²) in [6.07, 6.45) is 4.44. The van der Waals surface area contributed by atoms with Crippen LogP contribution in [0.15, 0.2) is 54.6 Å². The third kappa shape index (κ3) is 4.52. The Morgan fingerprint density at radius 1 is 1.08 bits per heavy atom. The number of rotatable bonds is 5. The molecule has 2 aromatic carbocycles. The lowest BCUT2D eigenvalue weighted by molar-refractivity contribution is -0.127. The van der Waals surface area contributed by atoms with E-state index in [2.05, 4.69) is 64.6 Å².